The van der Waals surface area contributed by atoms with Crippen LogP contribution in [0.4, 0.5) is 10.1 Å². The number of amides is 1. The van der Waals surface area contributed by atoms with Gasteiger partial charge in [-0.3, -0.25) is 14.4 Å². The van der Waals surface area contributed by atoms with Gasteiger partial charge in [0.1, 0.15) is 0 Å². The zero-order valence-electron chi connectivity index (χ0n) is 12.7. The Kier molecular flexibility index (Phi) is 3.95. The van der Waals surface area contributed by atoms with Gasteiger partial charge in [-0.25, -0.2) is 4.39 Å². The van der Waals surface area contributed by atoms with Gasteiger partial charge in [-0.15, -0.1) is 0 Å². The van der Waals surface area contributed by atoms with Gasteiger partial charge in [0.15, 0.2) is 12.1 Å². The Morgan fingerprint density at radius 3 is 2.54 bits per heavy atom. The summed E-state index contributed by atoms with van der Waals surface area (Å²) >= 11 is 0. The Hall–Kier alpha value is -3.28. The Morgan fingerprint density at radius 2 is 1.88 bits per heavy atom. The molecule has 2 aromatic carbocycles. The van der Waals surface area contributed by atoms with Crippen LogP contribution in [0.2, 0.25) is 0 Å². The Morgan fingerprint density at radius 1 is 1.17 bits per heavy atom. The first kappa shape index (κ1) is 15.6. The molecule has 0 bridgehead atoms. The maximum Gasteiger partial charge on any atom is 0.284 e. The van der Waals surface area contributed by atoms with E-state index in [0.29, 0.717) is 17.4 Å². The molecule has 0 aliphatic rings. The molecule has 0 unspecified atom stereocenters. The van der Waals surface area contributed by atoms with Gasteiger partial charge >= 0.3 is 0 Å². The van der Waals surface area contributed by atoms with Crippen LogP contribution < -0.4 is 10.9 Å². The summed E-state index contributed by atoms with van der Waals surface area (Å²) in [6, 6.07) is 11.5. The topological polar surface area (TPSA) is 79.0 Å². The fourth-order valence-corrected chi connectivity index (χ4v) is 2.60. The van der Waals surface area contributed by atoms with Gasteiger partial charge in [0, 0.05) is 27.6 Å². The first-order valence-electron chi connectivity index (χ1n) is 7.19. The first-order valence-corrected chi connectivity index (χ1v) is 7.19. The second-order valence-electron chi connectivity index (χ2n) is 5.28. The molecule has 1 amide bonds. The zero-order valence-corrected chi connectivity index (χ0v) is 12.7. The maximum absolute atomic E-state index is 13.9. The molecular formula is C18H13FN2O3. The second-order valence-corrected chi connectivity index (χ2v) is 5.28. The van der Waals surface area contributed by atoms with Crippen LogP contribution in [0.25, 0.3) is 10.9 Å². The number of fused-ring (bicyclic) bond motifs is 1. The third-order valence-corrected chi connectivity index (χ3v) is 3.80. The third-order valence-electron chi connectivity index (χ3n) is 3.80. The highest BCUT2D eigenvalue weighted by Gasteiger charge is 2.16. The number of pyridine rings is 1. The van der Waals surface area contributed by atoms with Crippen molar-refractivity contribution in [1.82, 2.24) is 4.98 Å². The fourth-order valence-electron chi connectivity index (χ4n) is 2.60. The van der Waals surface area contributed by atoms with E-state index in [1.807, 2.05) is 0 Å². The molecule has 0 spiro atoms. The van der Waals surface area contributed by atoms with E-state index in [1.165, 1.54) is 19.1 Å². The van der Waals surface area contributed by atoms with E-state index >= 15 is 0 Å². The predicted octanol–water partition coefficient (Wildman–Crippen LogP) is 3.04. The minimum absolute atomic E-state index is 0.0617. The number of hydrogen-bond donors (Lipinski definition) is 2. The number of hydrogen-bond acceptors (Lipinski definition) is 3. The average Bonchev–Trinajstić information content (AvgIpc) is 2.60. The number of rotatable bonds is 3. The van der Waals surface area contributed by atoms with E-state index in [4.69, 9.17) is 0 Å². The van der Waals surface area contributed by atoms with Gasteiger partial charge in [0.25, 0.3) is 11.5 Å². The number of halogens is 1. The van der Waals surface area contributed by atoms with Crippen molar-refractivity contribution in [3.8, 4) is 0 Å². The number of aromatic nitrogens is 1. The van der Waals surface area contributed by atoms with Crippen molar-refractivity contribution in [2.24, 2.45) is 0 Å². The van der Waals surface area contributed by atoms with Crippen molar-refractivity contribution in [2.75, 3.05) is 5.32 Å². The van der Waals surface area contributed by atoms with Gasteiger partial charge in [-0.05, 0) is 31.2 Å². The molecule has 1 heterocycles. The van der Waals surface area contributed by atoms with Gasteiger partial charge in [-0.2, -0.15) is 0 Å². The Labute approximate surface area is 136 Å². The molecule has 5 nitrogen and oxygen atoms in total. The summed E-state index contributed by atoms with van der Waals surface area (Å²) in [5.74, 6) is -1.34. The Balaban J connectivity index is 2.14. The number of benzene rings is 2. The molecule has 0 atom stereocenters. The van der Waals surface area contributed by atoms with Crippen LogP contribution in [0.15, 0.2) is 47.3 Å². The number of nitrogens with one attached hydrogen (secondary N) is 2. The van der Waals surface area contributed by atoms with E-state index in [0.717, 1.165) is 0 Å². The summed E-state index contributed by atoms with van der Waals surface area (Å²) in [5, 5.41) is 2.92. The highest BCUT2D eigenvalue weighted by atomic mass is 19.1. The summed E-state index contributed by atoms with van der Waals surface area (Å²) in [6.07, 6.45) is 0.535. The monoisotopic (exact) mass is 324 g/mol. The lowest BCUT2D eigenvalue weighted by Crippen LogP contribution is -2.16. The molecule has 0 saturated carbocycles. The van der Waals surface area contributed by atoms with Crippen LogP contribution in [0.5, 0.6) is 0 Å². The quantitative estimate of drug-likeness (QED) is 0.727. The summed E-state index contributed by atoms with van der Waals surface area (Å²) < 4.78 is 13.9. The standard InChI is InChI=1S/C18H13FN2O3/c1-10-15-12(9-22)13(7-8-14(15)21-18(24)16(10)19)20-17(23)11-5-3-2-4-6-11/h2-9H,1H3,(H,20,23)(H,21,24). The second kappa shape index (κ2) is 6.08. The van der Waals surface area contributed by atoms with Crippen LogP contribution >= 0.6 is 0 Å². The van der Waals surface area contributed by atoms with Gasteiger partial charge in [0.2, 0.25) is 0 Å². The third kappa shape index (κ3) is 2.58. The summed E-state index contributed by atoms with van der Waals surface area (Å²) in [7, 11) is 0. The minimum atomic E-state index is -0.947. The molecule has 0 aliphatic carbocycles. The number of carbonyl (C=O) groups is 2. The molecule has 24 heavy (non-hydrogen) atoms. The zero-order chi connectivity index (χ0) is 17.3. The van der Waals surface area contributed by atoms with Crippen molar-refractivity contribution >= 4 is 28.8 Å². The Bertz CT molecular complexity index is 1010. The molecule has 6 heteroatoms. The van der Waals surface area contributed by atoms with E-state index in [1.54, 1.807) is 30.3 Å². The molecule has 0 saturated heterocycles. The number of aryl methyl sites for hydroxylation is 1. The molecule has 120 valence electrons. The molecule has 0 fully saturated rings. The highest BCUT2D eigenvalue weighted by Crippen LogP contribution is 2.27. The average molecular weight is 324 g/mol. The fraction of sp³-hybridized carbons (Fsp3) is 0.0556. The number of aromatic amines is 1. The molecule has 3 aromatic rings. The largest absolute Gasteiger partial charge is 0.321 e. The lowest BCUT2D eigenvalue weighted by molar-refractivity contribution is 0.102. The lowest BCUT2D eigenvalue weighted by Gasteiger charge is -2.12. The normalized spacial score (nSPS) is 10.6. The number of carbonyl (C=O) groups excluding carboxylic acids is 2. The smallest absolute Gasteiger partial charge is 0.284 e. The van der Waals surface area contributed by atoms with Crippen LogP contribution in [0.1, 0.15) is 26.3 Å². The van der Waals surface area contributed by atoms with Crippen molar-refractivity contribution in [1.29, 1.82) is 0 Å². The number of anilines is 1. The molecule has 0 radical (unpaired) electrons. The van der Waals surface area contributed by atoms with Crippen molar-refractivity contribution < 1.29 is 14.0 Å². The van der Waals surface area contributed by atoms with E-state index in [2.05, 4.69) is 10.3 Å². The van der Waals surface area contributed by atoms with Gasteiger partial charge in [0.05, 0.1) is 5.69 Å². The van der Waals surface area contributed by atoms with Gasteiger partial charge < -0.3 is 10.3 Å². The van der Waals surface area contributed by atoms with E-state index in [9.17, 15) is 18.8 Å². The summed E-state index contributed by atoms with van der Waals surface area (Å²) in [5.41, 5.74) is 0.340. The summed E-state index contributed by atoms with van der Waals surface area (Å²) in [4.78, 5) is 37.7. The van der Waals surface area contributed by atoms with Crippen molar-refractivity contribution in [3.05, 3.63) is 75.3 Å². The van der Waals surface area contributed by atoms with Crippen LogP contribution in [-0.4, -0.2) is 17.2 Å². The highest BCUT2D eigenvalue weighted by molar-refractivity contribution is 6.10. The van der Waals surface area contributed by atoms with Crippen LogP contribution in [0.3, 0.4) is 0 Å². The van der Waals surface area contributed by atoms with E-state index < -0.39 is 11.4 Å². The molecule has 1 aromatic heterocycles. The number of aldehydes is 1. The first-order chi connectivity index (χ1) is 11.5. The molecular weight excluding hydrogens is 311 g/mol. The maximum atomic E-state index is 13.9. The minimum Gasteiger partial charge on any atom is -0.321 e. The predicted molar refractivity (Wildman–Crippen MR) is 89.0 cm³/mol. The van der Waals surface area contributed by atoms with Crippen molar-refractivity contribution in [3.63, 3.8) is 0 Å². The van der Waals surface area contributed by atoms with E-state index in [-0.39, 0.29) is 28.1 Å². The van der Waals surface area contributed by atoms with Gasteiger partial charge in [-0.1, -0.05) is 18.2 Å². The SMILES string of the molecule is Cc1c(F)c(=O)[nH]c2ccc(NC(=O)c3ccccc3)c(C=O)c12. The van der Waals surface area contributed by atoms with Crippen LogP contribution in [0, 0.1) is 12.7 Å². The summed E-state index contributed by atoms with van der Waals surface area (Å²) in [6.45, 7) is 1.42. The van der Waals surface area contributed by atoms with Crippen molar-refractivity contribution in [2.45, 2.75) is 6.92 Å². The molecule has 2 N–H and O–H groups in total. The molecule has 3 rings (SSSR count). The molecule has 0 aliphatic heterocycles. The lowest BCUT2D eigenvalue weighted by atomic mass is 10.0. The van der Waals surface area contributed by atoms with Crippen LogP contribution in [-0.2, 0) is 0 Å². The number of H-pyrrole nitrogens is 1.